The zero-order valence-corrected chi connectivity index (χ0v) is 10.3. The Morgan fingerprint density at radius 3 is 2.83 bits per heavy atom. The van der Waals surface area contributed by atoms with E-state index in [2.05, 4.69) is 5.32 Å². The van der Waals surface area contributed by atoms with E-state index in [-0.39, 0.29) is 6.04 Å². The number of halogens is 2. The Morgan fingerprint density at radius 2 is 2.06 bits per heavy atom. The Labute approximate surface area is 106 Å². The van der Waals surface area contributed by atoms with Crippen LogP contribution in [0.4, 0.5) is 8.78 Å². The van der Waals surface area contributed by atoms with Crippen molar-refractivity contribution in [3.8, 4) is 0 Å². The second-order valence-corrected chi connectivity index (χ2v) is 4.93. The predicted octanol–water partition coefficient (Wildman–Crippen LogP) is 2.92. The molecule has 0 saturated carbocycles. The lowest BCUT2D eigenvalue weighted by Crippen LogP contribution is -2.29. The summed E-state index contributed by atoms with van der Waals surface area (Å²) in [6.45, 7) is 0.967. The van der Waals surface area contributed by atoms with Crippen LogP contribution in [-0.4, -0.2) is 17.7 Å². The van der Waals surface area contributed by atoms with Crippen molar-refractivity contribution in [2.24, 2.45) is 0 Å². The van der Waals surface area contributed by atoms with Gasteiger partial charge in [0.05, 0.1) is 6.10 Å². The molecule has 2 rings (SSSR count). The monoisotopic (exact) mass is 255 g/mol. The Morgan fingerprint density at radius 1 is 1.22 bits per heavy atom. The van der Waals surface area contributed by atoms with Gasteiger partial charge >= 0.3 is 0 Å². The van der Waals surface area contributed by atoms with E-state index in [1.54, 1.807) is 0 Å². The Hall–Kier alpha value is -1.00. The first-order chi connectivity index (χ1) is 8.66. The maximum Gasteiger partial charge on any atom is 0.159 e. The quantitative estimate of drug-likeness (QED) is 0.870. The average Bonchev–Trinajstić information content (AvgIpc) is 2.61. The van der Waals surface area contributed by atoms with Gasteiger partial charge in [-0.05, 0) is 43.5 Å². The Kier molecular flexibility index (Phi) is 4.66. The lowest BCUT2D eigenvalue weighted by molar-refractivity contribution is 0.150. The van der Waals surface area contributed by atoms with Gasteiger partial charge in [-0.2, -0.15) is 0 Å². The predicted molar refractivity (Wildman–Crippen MR) is 66.2 cm³/mol. The molecule has 1 aromatic rings. The third-order valence-electron chi connectivity index (χ3n) is 3.50. The maximum absolute atomic E-state index is 13.1. The number of benzene rings is 1. The molecular formula is C14H19F2NO. The number of rotatable bonds is 3. The van der Waals surface area contributed by atoms with Crippen molar-refractivity contribution >= 4 is 0 Å². The molecule has 1 fully saturated rings. The van der Waals surface area contributed by atoms with Crippen molar-refractivity contribution in [2.45, 2.75) is 44.2 Å². The largest absolute Gasteiger partial charge is 0.388 e. The van der Waals surface area contributed by atoms with Gasteiger partial charge in [0, 0.05) is 6.04 Å². The summed E-state index contributed by atoms with van der Waals surface area (Å²) in [6.07, 6.45) is 4.37. The van der Waals surface area contributed by atoms with Crippen LogP contribution in [0.2, 0.25) is 0 Å². The van der Waals surface area contributed by atoms with E-state index in [1.807, 2.05) is 0 Å². The van der Waals surface area contributed by atoms with Crippen LogP contribution in [0.15, 0.2) is 18.2 Å². The Bertz CT molecular complexity index is 389. The molecule has 1 saturated heterocycles. The lowest BCUT2D eigenvalue weighted by atomic mass is 9.99. The van der Waals surface area contributed by atoms with Crippen LogP contribution in [0.25, 0.3) is 0 Å². The molecule has 2 N–H and O–H groups in total. The SMILES string of the molecule is OC(CC1CCCCCN1)c1ccc(F)c(F)c1. The van der Waals surface area contributed by atoms with Crippen molar-refractivity contribution in [2.75, 3.05) is 6.54 Å². The van der Waals surface area contributed by atoms with Crippen LogP contribution in [-0.2, 0) is 0 Å². The van der Waals surface area contributed by atoms with E-state index in [9.17, 15) is 13.9 Å². The van der Waals surface area contributed by atoms with Gasteiger partial charge in [0.2, 0.25) is 0 Å². The summed E-state index contributed by atoms with van der Waals surface area (Å²) < 4.78 is 25.9. The van der Waals surface area contributed by atoms with Gasteiger partial charge in [-0.25, -0.2) is 8.78 Å². The Balaban J connectivity index is 1.97. The highest BCUT2D eigenvalue weighted by Gasteiger charge is 2.18. The zero-order chi connectivity index (χ0) is 13.0. The van der Waals surface area contributed by atoms with E-state index >= 15 is 0 Å². The molecule has 2 atom stereocenters. The molecule has 2 nitrogen and oxygen atoms in total. The van der Waals surface area contributed by atoms with Crippen molar-refractivity contribution in [1.82, 2.24) is 5.32 Å². The first kappa shape index (κ1) is 13.4. The van der Waals surface area contributed by atoms with Crippen molar-refractivity contribution < 1.29 is 13.9 Å². The van der Waals surface area contributed by atoms with Gasteiger partial charge in [0.25, 0.3) is 0 Å². The molecule has 1 aromatic carbocycles. The topological polar surface area (TPSA) is 32.3 Å². The molecule has 1 heterocycles. The van der Waals surface area contributed by atoms with Crippen LogP contribution in [0, 0.1) is 11.6 Å². The first-order valence-electron chi connectivity index (χ1n) is 6.53. The summed E-state index contributed by atoms with van der Waals surface area (Å²) in [4.78, 5) is 0. The van der Waals surface area contributed by atoms with Crippen molar-refractivity contribution in [3.63, 3.8) is 0 Å². The van der Waals surface area contributed by atoms with Crippen LogP contribution < -0.4 is 5.32 Å². The van der Waals surface area contributed by atoms with Gasteiger partial charge in [-0.3, -0.25) is 0 Å². The molecule has 2 unspecified atom stereocenters. The molecule has 1 aliphatic rings. The standard InChI is InChI=1S/C14H19F2NO/c15-12-6-5-10(8-13(12)16)14(18)9-11-4-2-1-3-7-17-11/h5-6,8,11,14,17-18H,1-4,7,9H2. The summed E-state index contributed by atoms with van der Waals surface area (Å²) in [5.41, 5.74) is 0.444. The van der Waals surface area contributed by atoms with E-state index in [0.717, 1.165) is 37.9 Å². The highest BCUT2D eigenvalue weighted by atomic mass is 19.2. The molecule has 0 bridgehead atoms. The molecule has 100 valence electrons. The van der Waals surface area contributed by atoms with Gasteiger partial charge < -0.3 is 10.4 Å². The lowest BCUT2D eigenvalue weighted by Gasteiger charge is -2.20. The zero-order valence-electron chi connectivity index (χ0n) is 10.3. The van der Waals surface area contributed by atoms with Gasteiger partial charge in [0.15, 0.2) is 11.6 Å². The summed E-state index contributed by atoms with van der Waals surface area (Å²) in [5.74, 6) is -1.78. The molecular weight excluding hydrogens is 236 g/mol. The van der Waals surface area contributed by atoms with E-state index in [4.69, 9.17) is 0 Å². The van der Waals surface area contributed by atoms with E-state index < -0.39 is 17.7 Å². The van der Waals surface area contributed by atoms with E-state index in [1.165, 1.54) is 12.5 Å². The second-order valence-electron chi connectivity index (χ2n) is 4.93. The minimum Gasteiger partial charge on any atom is -0.388 e. The summed E-state index contributed by atoms with van der Waals surface area (Å²) in [5, 5.41) is 13.4. The number of aliphatic hydroxyl groups excluding tert-OH is 1. The second kappa shape index (κ2) is 6.25. The fraction of sp³-hybridized carbons (Fsp3) is 0.571. The van der Waals surface area contributed by atoms with Gasteiger partial charge in [0.1, 0.15) is 0 Å². The van der Waals surface area contributed by atoms with E-state index in [0.29, 0.717) is 12.0 Å². The molecule has 4 heteroatoms. The molecule has 0 aliphatic carbocycles. The number of hydrogen-bond acceptors (Lipinski definition) is 2. The molecule has 18 heavy (non-hydrogen) atoms. The minimum atomic E-state index is -0.902. The van der Waals surface area contributed by atoms with Crippen molar-refractivity contribution in [1.29, 1.82) is 0 Å². The summed E-state index contributed by atoms with van der Waals surface area (Å²) >= 11 is 0. The van der Waals surface area contributed by atoms with Crippen LogP contribution in [0.5, 0.6) is 0 Å². The van der Waals surface area contributed by atoms with Crippen LogP contribution >= 0.6 is 0 Å². The molecule has 0 amide bonds. The van der Waals surface area contributed by atoms with Crippen LogP contribution in [0.3, 0.4) is 0 Å². The summed E-state index contributed by atoms with van der Waals surface area (Å²) in [7, 11) is 0. The number of hydrogen-bond donors (Lipinski definition) is 2. The van der Waals surface area contributed by atoms with Gasteiger partial charge in [-0.1, -0.05) is 18.9 Å². The smallest absolute Gasteiger partial charge is 0.159 e. The normalized spacial score (nSPS) is 22.5. The maximum atomic E-state index is 13.1. The number of aliphatic hydroxyl groups is 1. The van der Waals surface area contributed by atoms with Crippen LogP contribution in [0.1, 0.15) is 43.8 Å². The third-order valence-corrected chi connectivity index (χ3v) is 3.50. The summed E-state index contributed by atoms with van der Waals surface area (Å²) in [6, 6.07) is 3.85. The average molecular weight is 255 g/mol. The number of nitrogens with one attached hydrogen (secondary N) is 1. The highest BCUT2D eigenvalue weighted by molar-refractivity contribution is 5.20. The third kappa shape index (κ3) is 3.50. The first-order valence-corrected chi connectivity index (χ1v) is 6.53. The molecule has 0 radical (unpaired) electrons. The highest BCUT2D eigenvalue weighted by Crippen LogP contribution is 2.23. The fourth-order valence-electron chi connectivity index (χ4n) is 2.43. The van der Waals surface area contributed by atoms with Gasteiger partial charge in [-0.15, -0.1) is 0 Å². The fourth-order valence-corrected chi connectivity index (χ4v) is 2.43. The minimum absolute atomic E-state index is 0.260. The molecule has 1 aliphatic heterocycles. The van der Waals surface area contributed by atoms with Crippen molar-refractivity contribution in [3.05, 3.63) is 35.4 Å². The molecule has 0 aromatic heterocycles. The molecule has 0 spiro atoms.